The van der Waals surface area contributed by atoms with Crippen LogP contribution in [0.5, 0.6) is 0 Å². The van der Waals surface area contributed by atoms with Crippen molar-refractivity contribution in [3.8, 4) is 0 Å². The third kappa shape index (κ3) is 5.39. The number of nitrogens with zero attached hydrogens (tertiary/aromatic N) is 1. The van der Waals surface area contributed by atoms with Gasteiger partial charge in [-0.15, -0.1) is 0 Å². The molecule has 0 saturated carbocycles. The average molecular weight is 244 g/mol. The van der Waals surface area contributed by atoms with Gasteiger partial charge in [-0.25, -0.2) is 9.59 Å². The largest absolute Gasteiger partial charge is 0.379 e. The smallest absolute Gasteiger partial charge is 0.316 e. The van der Waals surface area contributed by atoms with Crippen molar-refractivity contribution in [3.05, 3.63) is 0 Å². The van der Waals surface area contributed by atoms with Crippen LogP contribution in [0.3, 0.4) is 0 Å². The first-order chi connectivity index (χ1) is 8.09. The molecule has 4 amide bonds. The summed E-state index contributed by atoms with van der Waals surface area (Å²) in [5.74, 6) is 0. The second-order valence-corrected chi connectivity index (χ2v) is 4.09. The molecule has 0 aromatic rings. The molecule has 98 valence electrons. The Kier molecular flexibility index (Phi) is 5.55. The number of nitrogens with one attached hydrogen (secondary N) is 3. The molecule has 1 saturated heterocycles. The Balaban J connectivity index is 2.02. The van der Waals surface area contributed by atoms with E-state index in [1.807, 2.05) is 0 Å². The number of amides is 4. The highest BCUT2D eigenvalue weighted by Crippen LogP contribution is 2.02. The second kappa shape index (κ2) is 6.95. The lowest BCUT2D eigenvalue weighted by Gasteiger charge is -2.14. The molecule has 0 spiro atoms. The number of hydrogen-bond acceptors (Lipinski definition) is 3. The van der Waals surface area contributed by atoms with Crippen LogP contribution in [-0.4, -0.2) is 63.4 Å². The van der Waals surface area contributed by atoms with E-state index in [2.05, 4.69) is 16.0 Å². The Morgan fingerprint density at radius 3 is 2.59 bits per heavy atom. The third-order valence-corrected chi connectivity index (χ3v) is 2.36. The van der Waals surface area contributed by atoms with Gasteiger partial charge >= 0.3 is 12.1 Å². The van der Waals surface area contributed by atoms with E-state index < -0.39 is 0 Å². The van der Waals surface area contributed by atoms with Crippen molar-refractivity contribution in [2.24, 2.45) is 0 Å². The fraction of sp³-hybridized carbons (Fsp3) is 0.800. The molecule has 1 fully saturated rings. The van der Waals surface area contributed by atoms with Gasteiger partial charge in [0.05, 0.1) is 12.6 Å². The Hall–Kier alpha value is -1.50. The van der Waals surface area contributed by atoms with E-state index in [-0.39, 0.29) is 18.1 Å². The van der Waals surface area contributed by atoms with E-state index in [1.165, 1.54) is 4.90 Å². The normalized spacial score (nSPS) is 18.6. The molecule has 17 heavy (non-hydrogen) atoms. The van der Waals surface area contributed by atoms with Gasteiger partial charge in [0.15, 0.2) is 0 Å². The van der Waals surface area contributed by atoms with Gasteiger partial charge in [-0.2, -0.15) is 0 Å². The summed E-state index contributed by atoms with van der Waals surface area (Å²) in [7, 11) is 3.32. The second-order valence-electron chi connectivity index (χ2n) is 4.09. The minimum Gasteiger partial charge on any atom is -0.379 e. The molecule has 0 radical (unpaired) electrons. The summed E-state index contributed by atoms with van der Waals surface area (Å²) in [5.41, 5.74) is 0. The first-order valence-corrected chi connectivity index (χ1v) is 5.67. The van der Waals surface area contributed by atoms with Gasteiger partial charge in [0.1, 0.15) is 0 Å². The van der Waals surface area contributed by atoms with Crippen LogP contribution in [-0.2, 0) is 4.74 Å². The minimum absolute atomic E-state index is 0.103. The predicted octanol–water partition coefficient (Wildman–Crippen LogP) is -0.654. The fourth-order valence-corrected chi connectivity index (χ4v) is 1.39. The molecule has 0 aromatic carbocycles. The standard InChI is InChI=1S/C10H20N4O3/c1-14(2)10(16)12-5-4-11-9(15)13-8-3-6-17-7-8/h8H,3-7H2,1-2H3,(H,12,16)(H2,11,13,15). The molecule has 1 atom stereocenters. The number of ether oxygens (including phenoxy) is 1. The summed E-state index contributed by atoms with van der Waals surface area (Å²) in [4.78, 5) is 24.0. The highest BCUT2D eigenvalue weighted by molar-refractivity contribution is 5.75. The first kappa shape index (κ1) is 13.6. The summed E-state index contributed by atoms with van der Waals surface area (Å²) < 4.78 is 5.14. The van der Waals surface area contributed by atoms with Crippen molar-refractivity contribution in [2.75, 3.05) is 40.4 Å². The summed E-state index contributed by atoms with van der Waals surface area (Å²) in [6, 6.07) is -0.289. The number of hydrogen-bond donors (Lipinski definition) is 3. The number of urea groups is 2. The fourth-order valence-electron chi connectivity index (χ4n) is 1.39. The van der Waals surface area contributed by atoms with Crippen LogP contribution in [0.2, 0.25) is 0 Å². The van der Waals surface area contributed by atoms with Gasteiger partial charge in [0, 0.05) is 33.8 Å². The maximum atomic E-state index is 11.4. The molecular formula is C10H20N4O3. The molecule has 1 aliphatic heterocycles. The molecule has 0 aliphatic carbocycles. The zero-order valence-electron chi connectivity index (χ0n) is 10.3. The summed E-state index contributed by atoms with van der Waals surface area (Å²) in [6.45, 7) is 2.08. The monoisotopic (exact) mass is 244 g/mol. The topological polar surface area (TPSA) is 82.7 Å². The van der Waals surface area contributed by atoms with Gasteiger partial charge in [0.25, 0.3) is 0 Å². The summed E-state index contributed by atoms with van der Waals surface area (Å²) in [6.07, 6.45) is 0.852. The Morgan fingerprint density at radius 1 is 1.29 bits per heavy atom. The SMILES string of the molecule is CN(C)C(=O)NCCNC(=O)NC1CCOC1. The molecule has 1 rings (SSSR count). The molecule has 3 N–H and O–H groups in total. The zero-order chi connectivity index (χ0) is 12.7. The number of carbonyl (C=O) groups excluding carboxylic acids is 2. The molecule has 7 nitrogen and oxygen atoms in total. The van der Waals surface area contributed by atoms with Crippen molar-refractivity contribution in [1.82, 2.24) is 20.9 Å². The Labute approximate surface area is 101 Å². The van der Waals surface area contributed by atoms with Crippen LogP contribution < -0.4 is 16.0 Å². The van der Waals surface area contributed by atoms with Crippen LogP contribution in [0.4, 0.5) is 9.59 Å². The molecular weight excluding hydrogens is 224 g/mol. The van der Waals surface area contributed by atoms with E-state index in [0.717, 1.165) is 6.42 Å². The van der Waals surface area contributed by atoms with E-state index >= 15 is 0 Å². The van der Waals surface area contributed by atoms with Crippen molar-refractivity contribution in [2.45, 2.75) is 12.5 Å². The maximum absolute atomic E-state index is 11.4. The molecule has 1 aliphatic rings. The predicted molar refractivity (Wildman–Crippen MR) is 62.8 cm³/mol. The maximum Gasteiger partial charge on any atom is 0.316 e. The van der Waals surface area contributed by atoms with E-state index in [1.54, 1.807) is 14.1 Å². The first-order valence-electron chi connectivity index (χ1n) is 5.67. The van der Waals surface area contributed by atoms with Crippen molar-refractivity contribution >= 4 is 12.1 Å². The van der Waals surface area contributed by atoms with Crippen LogP contribution in [0, 0.1) is 0 Å². The van der Waals surface area contributed by atoms with Crippen molar-refractivity contribution in [1.29, 1.82) is 0 Å². The highest BCUT2D eigenvalue weighted by Gasteiger charge is 2.17. The Bertz CT molecular complexity index is 264. The Morgan fingerprint density at radius 2 is 2.00 bits per heavy atom. The molecule has 7 heteroatoms. The van der Waals surface area contributed by atoms with Gasteiger partial charge in [-0.05, 0) is 6.42 Å². The lowest BCUT2D eigenvalue weighted by Crippen LogP contribution is -2.45. The van der Waals surface area contributed by atoms with Crippen LogP contribution >= 0.6 is 0 Å². The average Bonchev–Trinajstić information content (AvgIpc) is 2.76. The zero-order valence-corrected chi connectivity index (χ0v) is 10.3. The van der Waals surface area contributed by atoms with Crippen LogP contribution in [0.1, 0.15) is 6.42 Å². The summed E-state index contributed by atoms with van der Waals surface area (Å²) in [5, 5.41) is 8.11. The number of carbonyl (C=O) groups is 2. The molecule has 0 aromatic heterocycles. The molecule has 1 heterocycles. The van der Waals surface area contributed by atoms with Gasteiger partial charge in [0.2, 0.25) is 0 Å². The van der Waals surface area contributed by atoms with Crippen molar-refractivity contribution < 1.29 is 14.3 Å². The summed E-state index contributed by atoms with van der Waals surface area (Å²) >= 11 is 0. The van der Waals surface area contributed by atoms with Crippen molar-refractivity contribution in [3.63, 3.8) is 0 Å². The lowest BCUT2D eigenvalue weighted by molar-refractivity contribution is 0.188. The molecule has 0 bridgehead atoms. The van der Waals surface area contributed by atoms with E-state index in [4.69, 9.17) is 4.74 Å². The minimum atomic E-state index is -0.223. The van der Waals surface area contributed by atoms with E-state index in [9.17, 15) is 9.59 Å². The lowest BCUT2D eigenvalue weighted by atomic mass is 10.3. The van der Waals surface area contributed by atoms with E-state index in [0.29, 0.717) is 26.3 Å². The van der Waals surface area contributed by atoms with Crippen LogP contribution in [0.15, 0.2) is 0 Å². The molecule has 1 unspecified atom stereocenters. The highest BCUT2D eigenvalue weighted by atomic mass is 16.5. The number of rotatable bonds is 4. The van der Waals surface area contributed by atoms with Gasteiger partial charge in [-0.3, -0.25) is 0 Å². The van der Waals surface area contributed by atoms with Crippen LogP contribution in [0.25, 0.3) is 0 Å². The quantitative estimate of drug-likeness (QED) is 0.574. The van der Waals surface area contributed by atoms with Gasteiger partial charge in [-0.1, -0.05) is 0 Å². The third-order valence-electron chi connectivity index (χ3n) is 2.36. The van der Waals surface area contributed by atoms with Gasteiger partial charge < -0.3 is 25.6 Å².